The molecule has 0 aliphatic heterocycles. The molecule has 0 saturated carbocycles. The van der Waals surface area contributed by atoms with Crippen LogP contribution in [0.25, 0.3) is 0 Å². The maximum absolute atomic E-state index is 12.5. The van der Waals surface area contributed by atoms with Gasteiger partial charge in [0.25, 0.3) is 0 Å². The lowest BCUT2D eigenvalue weighted by Gasteiger charge is -2.11. The lowest BCUT2D eigenvalue weighted by molar-refractivity contribution is -0.137. The molecule has 0 bridgehead atoms. The van der Waals surface area contributed by atoms with Gasteiger partial charge in [0.2, 0.25) is 0 Å². The van der Waals surface area contributed by atoms with Crippen LogP contribution in [0.2, 0.25) is 0 Å². The second-order valence-corrected chi connectivity index (χ2v) is 2.52. The van der Waals surface area contributed by atoms with Crippen molar-refractivity contribution in [1.82, 2.24) is 0 Å². The van der Waals surface area contributed by atoms with E-state index in [0.29, 0.717) is 6.07 Å². The molecule has 0 radical (unpaired) electrons. The van der Waals surface area contributed by atoms with Gasteiger partial charge in [-0.25, -0.2) is 4.39 Å². The first kappa shape index (κ1) is 10.2. The Kier molecular flexibility index (Phi) is 2.70. The van der Waals surface area contributed by atoms with Gasteiger partial charge in [0, 0.05) is 0 Å². The summed E-state index contributed by atoms with van der Waals surface area (Å²) in [6.45, 7) is 0. The Bertz CT molecular complexity index is 310. The number of halogens is 4. The highest BCUT2D eigenvalue weighted by atomic mass is 32.1. The third-order valence-electron chi connectivity index (χ3n) is 1.41. The van der Waals surface area contributed by atoms with Gasteiger partial charge in [-0.05, 0) is 18.2 Å². The SMILES string of the molecule is Fc1ccc(NS)c(C(F)(F)F)c1. The summed E-state index contributed by atoms with van der Waals surface area (Å²) >= 11 is 3.47. The van der Waals surface area contributed by atoms with Gasteiger partial charge in [-0.3, -0.25) is 0 Å². The highest BCUT2D eigenvalue weighted by Crippen LogP contribution is 2.35. The average molecular weight is 211 g/mol. The first-order chi connectivity index (χ1) is 5.95. The number of rotatable bonds is 1. The number of anilines is 1. The lowest BCUT2D eigenvalue weighted by Crippen LogP contribution is -2.08. The highest BCUT2D eigenvalue weighted by Gasteiger charge is 2.33. The van der Waals surface area contributed by atoms with Gasteiger partial charge in [0.05, 0.1) is 11.3 Å². The maximum Gasteiger partial charge on any atom is 0.418 e. The maximum atomic E-state index is 12.5. The summed E-state index contributed by atoms with van der Waals surface area (Å²) in [6.07, 6.45) is -4.58. The molecule has 13 heavy (non-hydrogen) atoms. The van der Waals surface area contributed by atoms with E-state index in [-0.39, 0.29) is 5.69 Å². The van der Waals surface area contributed by atoms with Crippen molar-refractivity contribution in [2.45, 2.75) is 6.18 Å². The molecule has 6 heteroatoms. The van der Waals surface area contributed by atoms with Crippen molar-refractivity contribution in [2.24, 2.45) is 0 Å². The van der Waals surface area contributed by atoms with E-state index >= 15 is 0 Å². The molecular formula is C7H5F4NS. The molecule has 0 amide bonds. The van der Waals surface area contributed by atoms with Crippen LogP contribution in [-0.2, 0) is 6.18 Å². The van der Waals surface area contributed by atoms with Crippen LogP contribution >= 0.6 is 12.8 Å². The summed E-state index contributed by atoms with van der Waals surface area (Å²) in [5.74, 6) is -0.931. The summed E-state index contributed by atoms with van der Waals surface area (Å²) in [5, 5.41) is 0. The smallest absolute Gasteiger partial charge is 0.332 e. The number of alkyl halides is 3. The number of benzene rings is 1. The summed E-state index contributed by atoms with van der Waals surface area (Å²) in [5.41, 5.74) is -1.33. The molecule has 0 atom stereocenters. The van der Waals surface area contributed by atoms with E-state index in [9.17, 15) is 17.6 Å². The van der Waals surface area contributed by atoms with Gasteiger partial charge in [0.15, 0.2) is 0 Å². The molecule has 0 fully saturated rings. The Hall–Kier alpha value is -0.910. The predicted molar refractivity (Wildman–Crippen MR) is 44.0 cm³/mol. The van der Waals surface area contributed by atoms with Crippen LogP contribution < -0.4 is 4.72 Å². The molecule has 0 aliphatic carbocycles. The minimum Gasteiger partial charge on any atom is -0.332 e. The van der Waals surface area contributed by atoms with Crippen LogP contribution in [0.4, 0.5) is 23.2 Å². The zero-order valence-corrected chi connectivity index (χ0v) is 7.09. The lowest BCUT2D eigenvalue weighted by atomic mass is 10.2. The van der Waals surface area contributed by atoms with E-state index in [1.54, 1.807) is 0 Å². The predicted octanol–water partition coefficient (Wildman–Crippen LogP) is 3.10. The van der Waals surface area contributed by atoms with Gasteiger partial charge in [0.1, 0.15) is 5.82 Å². The van der Waals surface area contributed by atoms with Crippen LogP contribution in [0.15, 0.2) is 18.2 Å². The van der Waals surface area contributed by atoms with Gasteiger partial charge >= 0.3 is 6.18 Å². The molecule has 0 unspecified atom stereocenters. The van der Waals surface area contributed by atoms with E-state index in [4.69, 9.17) is 0 Å². The molecule has 0 spiro atoms. The van der Waals surface area contributed by atoms with E-state index in [1.807, 2.05) is 4.72 Å². The van der Waals surface area contributed by atoms with E-state index in [1.165, 1.54) is 0 Å². The molecule has 1 rings (SSSR count). The summed E-state index contributed by atoms with van der Waals surface area (Å²) in [6, 6.07) is 2.32. The van der Waals surface area contributed by atoms with Crippen molar-refractivity contribution in [1.29, 1.82) is 0 Å². The normalized spacial score (nSPS) is 11.5. The highest BCUT2D eigenvalue weighted by molar-refractivity contribution is 7.81. The molecule has 1 aromatic rings. The van der Waals surface area contributed by atoms with Crippen molar-refractivity contribution in [3.63, 3.8) is 0 Å². The molecular weight excluding hydrogens is 206 g/mol. The van der Waals surface area contributed by atoms with Gasteiger partial charge in [-0.15, -0.1) is 0 Å². The second kappa shape index (κ2) is 3.45. The summed E-state index contributed by atoms with van der Waals surface area (Å²) in [4.78, 5) is 0. The van der Waals surface area contributed by atoms with E-state index in [2.05, 4.69) is 12.8 Å². The fourth-order valence-corrected chi connectivity index (χ4v) is 1.04. The van der Waals surface area contributed by atoms with Crippen LogP contribution in [0.1, 0.15) is 5.56 Å². The molecule has 0 aliphatic rings. The third kappa shape index (κ3) is 2.27. The summed E-state index contributed by atoms with van der Waals surface area (Å²) < 4.78 is 51.0. The minimum absolute atomic E-state index is 0.266. The van der Waals surface area contributed by atoms with Crippen LogP contribution in [0, 0.1) is 5.82 Å². The number of hydrogen-bond donors (Lipinski definition) is 2. The van der Waals surface area contributed by atoms with Crippen molar-refractivity contribution in [3.05, 3.63) is 29.6 Å². The first-order valence-electron chi connectivity index (χ1n) is 3.22. The molecule has 0 saturated heterocycles. The first-order valence-corrected chi connectivity index (χ1v) is 3.66. The quantitative estimate of drug-likeness (QED) is 0.537. The van der Waals surface area contributed by atoms with E-state index < -0.39 is 17.6 Å². The third-order valence-corrected chi connectivity index (χ3v) is 1.65. The summed E-state index contributed by atoms with van der Waals surface area (Å²) in [7, 11) is 0. The number of hydrogen-bond acceptors (Lipinski definition) is 2. The van der Waals surface area contributed by atoms with Gasteiger partial charge in [-0.2, -0.15) is 13.2 Å². The van der Waals surface area contributed by atoms with Crippen molar-refractivity contribution < 1.29 is 17.6 Å². The molecule has 1 N–H and O–H groups in total. The zero-order valence-electron chi connectivity index (χ0n) is 6.19. The van der Waals surface area contributed by atoms with Gasteiger partial charge < -0.3 is 4.72 Å². The molecule has 1 aromatic carbocycles. The zero-order chi connectivity index (χ0) is 10.1. The van der Waals surface area contributed by atoms with Crippen molar-refractivity contribution in [3.8, 4) is 0 Å². The topological polar surface area (TPSA) is 12.0 Å². The molecule has 0 aromatic heterocycles. The fraction of sp³-hybridized carbons (Fsp3) is 0.143. The van der Waals surface area contributed by atoms with Crippen LogP contribution in [0.3, 0.4) is 0 Å². The van der Waals surface area contributed by atoms with Crippen molar-refractivity contribution >= 4 is 18.5 Å². The molecule has 1 nitrogen and oxygen atoms in total. The Morgan fingerprint density at radius 2 is 1.85 bits per heavy atom. The minimum atomic E-state index is -4.58. The fourth-order valence-electron chi connectivity index (χ4n) is 0.848. The standard InChI is InChI=1S/C7H5F4NS/c8-4-1-2-6(12-13)5(3-4)7(9,10)11/h1-3,12-13H. The molecule has 0 heterocycles. The van der Waals surface area contributed by atoms with E-state index in [0.717, 1.165) is 12.1 Å². The Balaban J connectivity index is 3.24. The Morgan fingerprint density at radius 1 is 1.23 bits per heavy atom. The molecule has 72 valence electrons. The largest absolute Gasteiger partial charge is 0.418 e. The monoisotopic (exact) mass is 211 g/mol. The average Bonchev–Trinajstić information content (AvgIpc) is 2.03. The van der Waals surface area contributed by atoms with Crippen LogP contribution in [-0.4, -0.2) is 0 Å². The number of nitrogens with one attached hydrogen (secondary N) is 1. The van der Waals surface area contributed by atoms with Gasteiger partial charge in [-0.1, -0.05) is 12.8 Å². The van der Waals surface area contributed by atoms with Crippen molar-refractivity contribution in [2.75, 3.05) is 4.72 Å². The van der Waals surface area contributed by atoms with Crippen LogP contribution in [0.5, 0.6) is 0 Å². The number of thiol groups is 1. The Morgan fingerprint density at radius 3 is 2.31 bits per heavy atom. The Labute approximate surface area is 77.3 Å². The second-order valence-electron chi connectivity index (χ2n) is 2.30.